The van der Waals surface area contributed by atoms with E-state index < -0.39 is 5.54 Å². The minimum Gasteiger partial charge on any atom is -0.323 e. The molecule has 0 aromatic heterocycles. The van der Waals surface area contributed by atoms with Crippen molar-refractivity contribution in [3.05, 3.63) is 0 Å². The summed E-state index contributed by atoms with van der Waals surface area (Å²) in [4.78, 5) is 23.3. The summed E-state index contributed by atoms with van der Waals surface area (Å²) < 4.78 is 0. The van der Waals surface area contributed by atoms with Gasteiger partial charge < -0.3 is 10.6 Å². The predicted molar refractivity (Wildman–Crippen MR) is 59.9 cm³/mol. The lowest BCUT2D eigenvalue weighted by Gasteiger charge is -2.37. The number of nitrogens with one attached hydrogen (secondary N) is 3. The van der Waals surface area contributed by atoms with E-state index in [2.05, 4.69) is 16.0 Å². The Balaban J connectivity index is 2.20. The Bertz CT molecular complexity index is 300. The summed E-state index contributed by atoms with van der Waals surface area (Å²) in [5.41, 5.74) is -0.645. The quantitative estimate of drug-likeness (QED) is 0.608. The highest BCUT2D eigenvalue weighted by Gasteiger charge is 2.50. The van der Waals surface area contributed by atoms with Crippen molar-refractivity contribution in [3.63, 3.8) is 0 Å². The van der Waals surface area contributed by atoms with Gasteiger partial charge in [-0.25, -0.2) is 4.79 Å². The lowest BCUT2D eigenvalue weighted by molar-refractivity contribution is -0.126. The van der Waals surface area contributed by atoms with Gasteiger partial charge in [0.15, 0.2) is 0 Å². The number of hydrogen-bond donors (Lipinski definition) is 3. The van der Waals surface area contributed by atoms with Gasteiger partial charge in [-0.1, -0.05) is 13.3 Å². The average Bonchev–Trinajstić information content (AvgIpc) is 2.57. The second-order valence-electron chi connectivity index (χ2n) is 4.65. The van der Waals surface area contributed by atoms with E-state index in [4.69, 9.17) is 0 Å². The van der Waals surface area contributed by atoms with Crippen molar-refractivity contribution in [2.24, 2.45) is 5.92 Å². The molecule has 90 valence electrons. The summed E-state index contributed by atoms with van der Waals surface area (Å²) in [6.07, 6.45) is 3.54. The van der Waals surface area contributed by atoms with Gasteiger partial charge in [-0.3, -0.25) is 10.1 Å². The first-order valence-electron chi connectivity index (χ1n) is 6.03. The fourth-order valence-electron chi connectivity index (χ4n) is 2.88. The van der Waals surface area contributed by atoms with Crippen LogP contribution < -0.4 is 16.0 Å². The molecule has 0 aromatic rings. The third kappa shape index (κ3) is 1.80. The maximum Gasteiger partial charge on any atom is 0.322 e. The zero-order chi connectivity index (χ0) is 11.6. The van der Waals surface area contributed by atoms with Crippen molar-refractivity contribution in [1.29, 1.82) is 0 Å². The van der Waals surface area contributed by atoms with Gasteiger partial charge in [0.05, 0.1) is 0 Å². The van der Waals surface area contributed by atoms with Crippen LogP contribution in [0, 0.1) is 5.92 Å². The molecule has 0 saturated carbocycles. The number of piperidine rings is 1. The van der Waals surface area contributed by atoms with Crippen LogP contribution in [-0.2, 0) is 4.79 Å². The summed E-state index contributed by atoms with van der Waals surface area (Å²) in [7, 11) is 0. The van der Waals surface area contributed by atoms with E-state index in [1.165, 1.54) is 0 Å². The number of amides is 3. The number of carbonyl (C=O) groups excluding carboxylic acids is 2. The minimum absolute atomic E-state index is 0.133. The summed E-state index contributed by atoms with van der Waals surface area (Å²) in [6, 6.07) is -0.336. The molecule has 0 aromatic carbocycles. The molecule has 3 N–H and O–H groups in total. The molecule has 0 spiro atoms. The Morgan fingerprint density at radius 1 is 1.31 bits per heavy atom. The molecule has 2 aliphatic rings. The van der Waals surface area contributed by atoms with Gasteiger partial charge in [-0.15, -0.1) is 0 Å². The van der Waals surface area contributed by atoms with E-state index in [1.54, 1.807) is 0 Å². The molecule has 1 atom stereocenters. The second-order valence-corrected chi connectivity index (χ2v) is 4.65. The molecule has 0 unspecified atom stereocenters. The number of hydrogen-bond acceptors (Lipinski definition) is 3. The zero-order valence-corrected chi connectivity index (χ0v) is 9.64. The van der Waals surface area contributed by atoms with Crippen LogP contribution in [0.2, 0.25) is 0 Å². The summed E-state index contributed by atoms with van der Waals surface area (Å²) >= 11 is 0. The van der Waals surface area contributed by atoms with E-state index >= 15 is 0 Å². The van der Waals surface area contributed by atoms with E-state index in [9.17, 15) is 9.59 Å². The van der Waals surface area contributed by atoms with Gasteiger partial charge >= 0.3 is 6.03 Å². The fourth-order valence-corrected chi connectivity index (χ4v) is 2.88. The van der Waals surface area contributed by atoms with E-state index in [0.29, 0.717) is 0 Å². The number of rotatable bonds is 3. The van der Waals surface area contributed by atoms with Gasteiger partial charge in [0.2, 0.25) is 0 Å². The molecule has 2 aliphatic heterocycles. The van der Waals surface area contributed by atoms with Crippen LogP contribution in [0.4, 0.5) is 4.79 Å². The van der Waals surface area contributed by atoms with Gasteiger partial charge in [0.1, 0.15) is 5.54 Å². The Morgan fingerprint density at radius 2 is 2.00 bits per heavy atom. The first-order valence-corrected chi connectivity index (χ1v) is 6.03. The molecule has 2 rings (SSSR count). The molecule has 0 radical (unpaired) electrons. The highest BCUT2D eigenvalue weighted by atomic mass is 16.2. The van der Waals surface area contributed by atoms with Gasteiger partial charge in [0, 0.05) is 0 Å². The Labute approximate surface area is 95.3 Å². The monoisotopic (exact) mass is 225 g/mol. The van der Waals surface area contributed by atoms with Crippen molar-refractivity contribution < 1.29 is 9.59 Å². The second kappa shape index (κ2) is 4.41. The molecule has 0 aliphatic carbocycles. The van der Waals surface area contributed by atoms with E-state index in [0.717, 1.165) is 38.8 Å². The van der Waals surface area contributed by atoms with Crippen LogP contribution in [-0.4, -0.2) is 30.6 Å². The van der Waals surface area contributed by atoms with Gasteiger partial charge in [0.25, 0.3) is 5.91 Å². The molecule has 2 fully saturated rings. The molecule has 5 nitrogen and oxygen atoms in total. The third-order valence-electron chi connectivity index (χ3n) is 3.65. The maximum absolute atomic E-state index is 12.0. The third-order valence-corrected chi connectivity index (χ3v) is 3.65. The molecule has 2 saturated heterocycles. The lowest BCUT2D eigenvalue weighted by Crippen LogP contribution is -2.55. The number of carbonyl (C=O) groups is 2. The van der Waals surface area contributed by atoms with Crippen molar-refractivity contribution in [1.82, 2.24) is 16.0 Å². The van der Waals surface area contributed by atoms with Crippen LogP contribution in [0.25, 0.3) is 0 Å². The topological polar surface area (TPSA) is 70.2 Å². The lowest BCUT2D eigenvalue weighted by atomic mass is 9.75. The first-order chi connectivity index (χ1) is 7.69. The first kappa shape index (κ1) is 11.4. The average molecular weight is 225 g/mol. The smallest absolute Gasteiger partial charge is 0.322 e. The van der Waals surface area contributed by atoms with Crippen molar-refractivity contribution in [2.45, 2.75) is 38.1 Å². The minimum atomic E-state index is -0.645. The highest BCUT2D eigenvalue weighted by molar-refractivity contribution is 6.07. The standard InChI is InChI=1S/C11H19N3O2/c1-2-5-11(8-3-6-12-7-4-8)9(15)13-10(16)14-11/h8,12H,2-7H2,1H3,(H2,13,14,15,16)/t11-/m0/s1. The summed E-state index contributed by atoms with van der Waals surface area (Å²) in [5.74, 6) is 0.131. The Kier molecular flexibility index (Phi) is 3.14. The van der Waals surface area contributed by atoms with Crippen molar-refractivity contribution in [3.8, 4) is 0 Å². The van der Waals surface area contributed by atoms with Crippen molar-refractivity contribution in [2.75, 3.05) is 13.1 Å². The van der Waals surface area contributed by atoms with Gasteiger partial charge in [-0.05, 0) is 38.3 Å². The molecule has 5 heteroatoms. The summed E-state index contributed by atoms with van der Waals surface area (Å²) in [5, 5.41) is 8.52. The largest absolute Gasteiger partial charge is 0.323 e. The van der Waals surface area contributed by atoms with Gasteiger partial charge in [-0.2, -0.15) is 0 Å². The zero-order valence-electron chi connectivity index (χ0n) is 9.64. The predicted octanol–water partition coefficient (Wildman–Crippen LogP) is 0.364. The van der Waals surface area contributed by atoms with Crippen LogP contribution in [0.15, 0.2) is 0 Å². The molecule has 3 amide bonds. The molecule has 2 heterocycles. The van der Waals surface area contributed by atoms with Crippen LogP contribution in [0.5, 0.6) is 0 Å². The molecule has 0 bridgehead atoms. The molecular formula is C11H19N3O2. The van der Waals surface area contributed by atoms with Crippen LogP contribution in [0.3, 0.4) is 0 Å². The Hall–Kier alpha value is -1.10. The number of imide groups is 1. The Morgan fingerprint density at radius 3 is 2.50 bits per heavy atom. The SMILES string of the molecule is CCC[C@@]1(C2CCNCC2)NC(=O)NC1=O. The molecule has 16 heavy (non-hydrogen) atoms. The van der Waals surface area contributed by atoms with Crippen LogP contribution >= 0.6 is 0 Å². The fraction of sp³-hybridized carbons (Fsp3) is 0.818. The maximum atomic E-state index is 12.0. The van der Waals surface area contributed by atoms with Crippen LogP contribution in [0.1, 0.15) is 32.6 Å². The number of urea groups is 1. The highest BCUT2D eigenvalue weighted by Crippen LogP contribution is 2.32. The summed E-state index contributed by atoms with van der Waals surface area (Å²) in [6.45, 7) is 3.90. The van der Waals surface area contributed by atoms with E-state index in [1.807, 2.05) is 6.92 Å². The van der Waals surface area contributed by atoms with Crippen molar-refractivity contribution >= 4 is 11.9 Å². The van der Waals surface area contributed by atoms with E-state index in [-0.39, 0.29) is 17.9 Å². The normalized spacial score (nSPS) is 31.3. The molecular weight excluding hydrogens is 206 g/mol.